The maximum Gasteiger partial charge on any atom is 0.268 e. The van der Waals surface area contributed by atoms with E-state index in [1.54, 1.807) is 48.3 Å². The maximum absolute atomic E-state index is 13.7. The molecule has 49 heavy (non-hydrogen) atoms. The largest absolute Gasteiger partial charge is 0.378 e. The molecule has 0 radical (unpaired) electrons. The first kappa shape index (κ1) is 33.4. The number of nitrogens with one attached hydrogen (secondary N) is 2. The monoisotopic (exact) mass is 678 g/mol. The van der Waals surface area contributed by atoms with E-state index in [9.17, 15) is 14.4 Å². The summed E-state index contributed by atoms with van der Waals surface area (Å²) < 4.78 is 8.47. The lowest BCUT2D eigenvalue weighted by molar-refractivity contribution is 0.0956. The van der Waals surface area contributed by atoms with Crippen LogP contribution in [0.2, 0.25) is 5.15 Å². The zero-order chi connectivity index (χ0) is 34.5. The SMILES string of the molecule is Cc1c(C#CCNC(=O)c2cccn(Cc3ccc(Cl)nc3)c2=O)c(=O)n(C(C)C)c2nc(Nc3ccc(N4CCOCC4)cc3)ncc12. The van der Waals surface area contributed by atoms with Crippen molar-refractivity contribution >= 4 is 45.9 Å². The first-order chi connectivity index (χ1) is 23.7. The van der Waals surface area contributed by atoms with Crippen LogP contribution in [0.25, 0.3) is 11.0 Å². The van der Waals surface area contributed by atoms with Crippen molar-refractivity contribution in [3.05, 3.63) is 115 Å². The van der Waals surface area contributed by atoms with Gasteiger partial charge in [-0.25, -0.2) is 9.97 Å². The van der Waals surface area contributed by atoms with Crippen molar-refractivity contribution in [2.45, 2.75) is 33.4 Å². The summed E-state index contributed by atoms with van der Waals surface area (Å²) in [5, 5.41) is 6.96. The topological polar surface area (TPSA) is 136 Å². The molecule has 0 saturated carbocycles. The zero-order valence-corrected chi connectivity index (χ0v) is 28.1. The molecular weight excluding hydrogens is 644 g/mol. The summed E-state index contributed by atoms with van der Waals surface area (Å²) in [5.41, 5.74) is 3.37. The van der Waals surface area contributed by atoms with Crippen LogP contribution in [0.4, 0.5) is 17.3 Å². The smallest absolute Gasteiger partial charge is 0.268 e. The van der Waals surface area contributed by atoms with Crippen molar-refractivity contribution in [3.8, 4) is 11.8 Å². The van der Waals surface area contributed by atoms with Gasteiger partial charge in [-0.2, -0.15) is 4.98 Å². The van der Waals surface area contributed by atoms with Crippen LogP contribution >= 0.6 is 11.6 Å². The number of fused-ring (bicyclic) bond motifs is 1. The molecule has 5 heterocycles. The van der Waals surface area contributed by atoms with Crippen LogP contribution in [0.3, 0.4) is 0 Å². The Balaban J connectivity index is 1.18. The van der Waals surface area contributed by atoms with Crippen LogP contribution in [0.5, 0.6) is 0 Å². The second kappa shape index (κ2) is 14.7. The lowest BCUT2D eigenvalue weighted by Gasteiger charge is -2.28. The van der Waals surface area contributed by atoms with E-state index < -0.39 is 11.5 Å². The quantitative estimate of drug-likeness (QED) is 0.182. The highest BCUT2D eigenvalue weighted by atomic mass is 35.5. The molecule has 1 saturated heterocycles. The minimum Gasteiger partial charge on any atom is -0.378 e. The lowest BCUT2D eigenvalue weighted by atomic mass is 10.1. The van der Waals surface area contributed by atoms with Crippen LogP contribution in [0.1, 0.15) is 46.9 Å². The van der Waals surface area contributed by atoms with E-state index in [1.165, 1.54) is 10.6 Å². The molecule has 250 valence electrons. The van der Waals surface area contributed by atoms with Gasteiger partial charge in [-0.1, -0.05) is 29.5 Å². The number of morpholine rings is 1. The lowest BCUT2D eigenvalue weighted by Crippen LogP contribution is -2.36. The van der Waals surface area contributed by atoms with Gasteiger partial charge in [0.15, 0.2) is 0 Å². The second-order valence-electron chi connectivity index (χ2n) is 11.8. The number of benzene rings is 1. The highest BCUT2D eigenvalue weighted by molar-refractivity contribution is 6.29. The Morgan fingerprint density at radius 3 is 2.51 bits per heavy atom. The molecule has 12 nitrogen and oxygen atoms in total. The van der Waals surface area contributed by atoms with Crippen LogP contribution < -0.4 is 26.7 Å². The van der Waals surface area contributed by atoms with E-state index in [2.05, 4.69) is 37.3 Å². The summed E-state index contributed by atoms with van der Waals surface area (Å²) in [6.45, 7) is 8.92. The third kappa shape index (κ3) is 7.48. The number of pyridine rings is 3. The average molecular weight is 679 g/mol. The summed E-state index contributed by atoms with van der Waals surface area (Å²) in [6.07, 6.45) is 4.87. The summed E-state index contributed by atoms with van der Waals surface area (Å²) in [5.74, 6) is 5.62. The molecule has 1 aliphatic rings. The number of halogens is 1. The first-order valence-corrected chi connectivity index (χ1v) is 16.3. The zero-order valence-electron chi connectivity index (χ0n) is 27.4. The Morgan fingerprint density at radius 1 is 1.02 bits per heavy atom. The van der Waals surface area contributed by atoms with Crippen molar-refractivity contribution in [2.75, 3.05) is 43.1 Å². The predicted molar refractivity (Wildman–Crippen MR) is 190 cm³/mol. The fourth-order valence-electron chi connectivity index (χ4n) is 5.61. The number of hydrogen-bond donors (Lipinski definition) is 2. The second-order valence-corrected chi connectivity index (χ2v) is 12.2. The normalized spacial score (nSPS) is 12.9. The van der Waals surface area contributed by atoms with E-state index >= 15 is 0 Å². The number of carbonyl (C=O) groups excluding carboxylic acids is 1. The van der Waals surface area contributed by atoms with Crippen molar-refractivity contribution in [1.29, 1.82) is 0 Å². The van der Waals surface area contributed by atoms with Crippen molar-refractivity contribution < 1.29 is 9.53 Å². The summed E-state index contributed by atoms with van der Waals surface area (Å²) in [4.78, 5) is 55.2. The highest BCUT2D eigenvalue weighted by Gasteiger charge is 2.18. The Labute approximate surface area is 287 Å². The third-order valence-corrected chi connectivity index (χ3v) is 8.41. The van der Waals surface area contributed by atoms with E-state index in [1.807, 2.05) is 38.1 Å². The number of anilines is 3. The third-order valence-electron chi connectivity index (χ3n) is 8.18. The number of rotatable bonds is 8. The molecule has 4 aromatic heterocycles. The Kier molecular flexibility index (Phi) is 10.0. The van der Waals surface area contributed by atoms with Gasteiger partial charge in [0, 0.05) is 54.5 Å². The standard InChI is InChI=1S/C36H35ClN8O4/c1-23(2)45-32-30(21-40-36(42-32)41-26-9-11-27(12-10-26)43-16-18-49-19-17-43)24(3)28(35(45)48)6-4-14-38-33(46)29-7-5-15-44(34(29)47)22-25-8-13-31(37)39-20-25/h5,7-13,15,20-21,23H,14,16-19,22H2,1-3H3,(H,38,46)(H,40,41,42). The molecule has 1 aliphatic heterocycles. The fourth-order valence-corrected chi connectivity index (χ4v) is 5.72. The number of aromatic nitrogens is 5. The van der Waals surface area contributed by atoms with Gasteiger partial charge in [0.25, 0.3) is 17.0 Å². The maximum atomic E-state index is 13.7. The predicted octanol–water partition coefficient (Wildman–Crippen LogP) is 4.30. The van der Waals surface area contributed by atoms with Gasteiger partial charge >= 0.3 is 0 Å². The van der Waals surface area contributed by atoms with Gasteiger partial charge in [-0.05, 0) is 74.4 Å². The molecule has 0 aliphatic carbocycles. The van der Waals surface area contributed by atoms with Gasteiger partial charge in [0.2, 0.25) is 5.95 Å². The van der Waals surface area contributed by atoms with Crippen molar-refractivity contribution in [2.24, 2.45) is 0 Å². The summed E-state index contributed by atoms with van der Waals surface area (Å²) in [7, 11) is 0. The highest BCUT2D eigenvalue weighted by Crippen LogP contribution is 2.24. The molecule has 0 atom stereocenters. The minimum absolute atomic E-state index is 0.0233. The van der Waals surface area contributed by atoms with E-state index in [0.29, 0.717) is 27.7 Å². The minimum atomic E-state index is -0.568. The van der Waals surface area contributed by atoms with Crippen molar-refractivity contribution in [3.63, 3.8) is 0 Å². The number of ether oxygens (including phenoxy) is 1. The number of nitrogens with zero attached hydrogens (tertiary/aromatic N) is 6. The van der Waals surface area contributed by atoms with Gasteiger partial charge < -0.3 is 24.8 Å². The van der Waals surface area contributed by atoms with Gasteiger partial charge in [0.1, 0.15) is 16.4 Å². The summed E-state index contributed by atoms with van der Waals surface area (Å²) >= 11 is 5.86. The molecule has 1 fully saturated rings. The number of carbonyl (C=O) groups is 1. The number of hydrogen-bond acceptors (Lipinski definition) is 9. The fraction of sp³-hybridized carbons (Fsp3) is 0.278. The van der Waals surface area contributed by atoms with E-state index in [-0.39, 0.29) is 35.8 Å². The molecule has 6 rings (SSSR count). The van der Waals surface area contributed by atoms with Gasteiger partial charge in [-0.3, -0.25) is 19.0 Å². The average Bonchev–Trinajstić information content (AvgIpc) is 3.10. The molecule has 2 N–H and O–H groups in total. The molecule has 13 heteroatoms. The molecule has 0 bridgehead atoms. The first-order valence-electron chi connectivity index (χ1n) is 15.9. The Bertz CT molecular complexity index is 2180. The molecular formula is C36H35ClN8O4. The van der Waals surface area contributed by atoms with Gasteiger partial charge in [-0.15, -0.1) is 0 Å². The van der Waals surface area contributed by atoms with E-state index in [0.717, 1.165) is 43.2 Å². The van der Waals surface area contributed by atoms with Gasteiger partial charge in [0.05, 0.1) is 31.9 Å². The summed E-state index contributed by atoms with van der Waals surface area (Å²) in [6, 6.07) is 14.3. The van der Waals surface area contributed by atoms with Crippen LogP contribution in [0.15, 0.2) is 76.7 Å². The van der Waals surface area contributed by atoms with Crippen molar-refractivity contribution in [1.82, 2.24) is 29.4 Å². The number of aryl methyl sites for hydroxylation is 1. The van der Waals surface area contributed by atoms with E-state index in [4.69, 9.17) is 21.3 Å². The molecule has 0 unspecified atom stereocenters. The molecule has 1 amide bonds. The molecule has 1 aromatic carbocycles. The Hall–Kier alpha value is -5.51. The number of amides is 1. The van der Waals surface area contributed by atoms with Crippen LogP contribution in [0, 0.1) is 18.8 Å². The molecule has 5 aromatic rings. The van der Waals surface area contributed by atoms with Crippen LogP contribution in [-0.2, 0) is 11.3 Å². The molecule has 0 spiro atoms. The van der Waals surface area contributed by atoms with Crippen LogP contribution in [-0.4, -0.2) is 62.8 Å². The Morgan fingerprint density at radius 2 is 1.80 bits per heavy atom.